The second-order valence-electron chi connectivity index (χ2n) is 7.18. The van der Waals surface area contributed by atoms with E-state index in [1.807, 2.05) is 30.3 Å². The summed E-state index contributed by atoms with van der Waals surface area (Å²) in [7, 11) is 0. The van der Waals surface area contributed by atoms with E-state index in [-0.39, 0.29) is 12.4 Å². The highest BCUT2D eigenvalue weighted by atomic mass is 16.2. The number of hydrogen-bond donors (Lipinski definition) is 5. The first-order valence-electron chi connectivity index (χ1n) is 9.85. The molecule has 1 saturated heterocycles. The molecule has 1 fully saturated rings. The summed E-state index contributed by atoms with van der Waals surface area (Å²) in [5, 5.41) is 5.68. The Morgan fingerprint density at radius 3 is 2.55 bits per heavy atom. The van der Waals surface area contributed by atoms with Crippen LogP contribution in [0, 0.1) is 0 Å². The molecule has 29 heavy (non-hydrogen) atoms. The third-order valence-corrected chi connectivity index (χ3v) is 4.83. The van der Waals surface area contributed by atoms with E-state index in [1.54, 1.807) is 0 Å². The van der Waals surface area contributed by atoms with Crippen molar-refractivity contribution >= 4 is 23.4 Å². The predicted octanol–water partition coefficient (Wildman–Crippen LogP) is -1.01. The Hall–Kier alpha value is -2.78. The molecule has 0 aromatic heterocycles. The van der Waals surface area contributed by atoms with Crippen LogP contribution >= 0.6 is 0 Å². The first-order valence-corrected chi connectivity index (χ1v) is 9.85. The normalized spacial score (nSPS) is 17.9. The van der Waals surface area contributed by atoms with Crippen LogP contribution in [0.25, 0.3) is 0 Å². The Kier molecular flexibility index (Phi) is 8.75. The van der Waals surface area contributed by atoms with Gasteiger partial charge in [-0.1, -0.05) is 30.3 Å². The van der Waals surface area contributed by atoms with Gasteiger partial charge >= 0.3 is 0 Å². The fourth-order valence-electron chi connectivity index (χ4n) is 3.26. The first kappa shape index (κ1) is 22.5. The molecule has 1 heterocycles. The highest BCUT2D eigenvalue weighted by molar-refractivity contribution is 6.41. The lowest BCUT2D eigenvalue weighted by atomic mass is 9.97. The summed E-state index contributed by atoms with van der Waals surface area (Å²) < 4.78 is 0. The minimum atomic E-state index is -0.951. The predicted molar refractivity (Wildman–Crippen MR) is 111 cm³/mol. The van der Waals surface area contributed by atoms with Gasteiger partial charge < -0.3 is 27.8 Å². The number of hydrogen-bond acceptors (Lipinski definition) is 6. The molecule has 3 atom stereocenters. The zero-order valence-corrected chi connectivity index (χ0v) is 16.5. The first-order chi connectivity index (χ1) is 13.9. The molecule has 158 valence electrons. The average molecular weight is 402 g/mol. The number of rotatable bonds is 11. The van der Waals surface area contributed by atoms with E-state index < -0.39 is 35.6 Å². The lowest BCUT2D eigenvalue weighted by Gasteiger charge is -2.21. The van der Waals surface area contributed by atoms with E-state index >= 15 is 0 Å². The summed E-state index contributed by atoms with van der Waals surface area (Å²) in [6, 6.07) is 7.09. The number of nitrogens with one attached hydrogen (secondary N) is 2. The molecular weight excluding hydrogens is 372 g/mol. The Bertz CT molecular complexity index is 727. The SMILES string of the molecule is NC(N)=NCCC[C@H](NC(=O)[C@H](N)Cc1ccccc1)C(=O)C(=O)[C@@H]1CCCN1. The summed E-state index contributed by atoms with van der Waals surface area (Å²) in [5.74, 6) is -1.64. The van der Waals surface area contributed by atoms with Crippen LogP contribution in [0.15, 0.2) is 35.3 Å². The van der Waals surface area contributed by atoms with E-state index in [1.165, 1.54) is 0 Å². The van der Waals surface area contributed by atoms with Crippen LogP contribution in [0.1, 0.15) is 31.2 Å². The summed E-state index contributed by atoms with van der Waals surface area (Å²) in [5.41, 5.74) is 17.5. The van der Waals surface area contributed by atoms with Crippen molar-refractivity contribution in [2.75, 3.05) is 13.1 Å². The fraction of sp³-hybridized carbons (Fsp3) is 0.500. The van der Waals surface area contributed by atoms with Gasteiger partial charge in [-0.25, -0.2) is 0 Å². The highest BCUT2D eigenvalue weighted by Crippen LogP contribution is 2.10. The van der Waals surface area contributed by atoms with Crippen molar-refractivity contribution in [1.82, 2.24) is 10.6 Å². The number of ketones is 2. The van der Waals surface area contributed by atoms with E-state index in [2.05, 4.69) is 15.6 Å². The minimum Gasteiger partial charge on any atom is -0.370 e. The molecular formula is C20H30N6O3. The van der Waals surface area contributed by atoms with E-state index in [4.69, 9.17) is 17.2 Å². The number of nitrogens with two attached hydrogens (primary N) is 3. The molecule has 0 spiro atoms. The molecule has 1 aromatic rings. The number of amides is 1. The lowest BCUT2D eigenvalue weighted by molar-refractivity contribution is -0.140. The topological polar surface area (TPSA) is 166 Å². The molecule has 2 rings (SSSR count). The molecule has 9 heteroatoms. The van der Waals surface area contributed by atoms with Gasteiger partial charge in [0.2, 0.25) is 17.5 Å². The number of Topliss-reactive ketones (excluding diaryl/α,β-unsaturated/α-hetero) is 2. The number of aliphatic imine (C=N–C) groups is 1. The quantitative estimate of drug-likeness (QED) is 0.137. The maximum absolute atomic E-state index is 12.7. The van der Waals surface area contributed by atoms with Crippen molar-refractivity contribution in [3.63, 3.8) is 0 Å². The number of carbonyl (C=O) groups is 3. The molecule has 0 radical (unpaired) electrons. The number of carbonyl (C=O) groups excluding carboxylic acids is 3. The fourth-order valence-corrected chi connectivity index (χ4v) is 3.26. The van der Waals surface area contributed by atoms with Crippen molar-refractivity contribution in [2.24, 2.45) is 22.2 Å². The van der Waals surface area contributed by atoms with Crippen molar-refractivity contribution < 1.29 is 14.4 Å². The standard InChI is InChI=1S/C20H30N6O3/c21-14(12-13-6-2-1-3-7-13)19(29)26-16(9-5-11-25-20(22)23)18(28)17(27)15-8-4-10-24-15/h1-3,6-7,14-16,24H,4-5,8-12,21H2,(H,26,29)(H4,22,23,25)/t14-,15+,16+/m1/s1. The Labute approximate surface area is 170 Å². The van der Waals surface area contributed by atoms with Crippen molar-refractivity contribution in [3.8, 4) is 0 Å². The van der Waals surface area contributed by atoms with E-state index in [0.717, 1.165) is 12.0 Å². The summed E-state index contributed by atoms with van der Waals surface area (Å²) in [6.45, 7) is 1.00. The van der Waals surface area contributed by atoms with Gasteiger partial charge in [0.25, 0.3) is 0 Å². The Morgan fingerprint density at radius 2 is 1.93 bits per heavy atom. The molecule has 8 N–H and O–H groups in total. The molecule has 1 aliphatic rings. The van der Waals surface area contributed by atoms with Crippen LogP contribution in [0.4, 0.5) is 0 Å². The maximum atomic E-state index is 12.7. The van der Waals surface area contributed by atoms with Crippen molar-refractivity contribution in [3.05, 3.63) is 35.9 Å². The summed E-state index contributed by atoms with van der Waals surface area (Å²) in [6.07, 6.45) is 2.48. The van der Waals surface area contributed by atoms with Gasteiger partial charge in [0.15, 0.2) is 5.96 Å². The molecule has 1 aromatic carbocycles. The van der Waals surface area contributed by atoms with E-state index in [0.29, 0.717) is 32.4 Å². The minimum absolute atomic E-state index is 0.0481. The molecule has 0 unspecified atom stereocenters. The van der Waals surface area contributed by atoms with Gasteiger partial charge in [0.05, 0.1) is 18.1 Å². The average Bonchev–Trinajstić information content (AvgIpc) is 3.24. The van der Waals surface area contributed by atoms with Gasteiger partial charge in [-0.3, -0.25) is 19.4 Å². The van der Waals surface area contributed by atoms with Gasteiger partial charge in [0, 0.05) is 6.54 Å². The van der Waals surface area contributed by atoms with Crippen LogP contribution in [0.5, 0.6) is 0 Å². The zero-order chi connectivity index (χ0) is 21.2. The Balaban J connectivity index is 2.00. The van der Waals surface area contributed by atoms with E-state index in [9.17, 15) is 14.4 Å². The largest absolute Gasteiger partial charge is 0.370 e. The molecule has 0 saturated carbocycles. The Morgan fingerprint density at radius 1 is 1.21 bits per heavy atom. The van der Waals surface area contributed by atoms with Crippen LogP contribution < -0.4 is 27.8 Å². The summed E-state index contributed by atoms with van der Waals surface area (Å²) in [4.78, 5) is 41.7. The molecule has 0 bridgehead atoms. The number of guanidine groups is 1. The lowest BCUT2D eigenvalue weighted by Crippen LogP contribution is -2.52. The second-order valence-corrected chi connectivity index (χ2v) is 7.18. The zero-order valence-electron chi connectivity index (χ0n) is 16.5. The van der Waals surface area contributed by atoms with Gasteiger partial charge in [-0.2, -0.15) is 0 Å². The third-order valence-electron chi connectivity index (χ3n) is 4.83. The third kappa shape index (κ3) is 7.28. The number of nitrogens with zero attached hydrogens (tertiary/aromatic N) is 1. The van der Waals surface area contributed by atoms with Crippen LogP contribution in [0.2, 0.25) is 0 Å². The van der Waals surface area contributed by atoms with Gasteiger partial charge in [0.1, 0.15) is 0 Å². The van der Waals surface area contributed by atoms with Crippen LogP contribution in [-0.4, -0.2) is 54.6 Å². The second kappa shape index (κ2) is 11.3. The summed E-state index contributed by atoms with van der Waals surface area (Å²) >= 11 is 0. The molecule has 1 amide bonds. The van der Waals surface area contributed by atoms with Crippen LogP contribution in [0.3, 0.4) is 0 Å². The van der Waals surface area contributed by atoms with Crippen molar-refractivity contribution in [2.45, 2.75) is 50.2 Å². The molecule has 9 nitrogen and oxygen atoms in total. The monoisotopic (exact) mass is 402 g/mol. The van der Waals surface area contributed by atoms with Crippen LogP contribution in [-0.2, 0) is 20.8 Å². The molecule has 1 aliphatic heterocycles. The van der Waals surface area contributed by atoms with Crippen molar-refractivity contribution in [1.29, 1.82) is 0 Å². The smallest absolute Gasteiger partial charge is 0.237 e. The maximum Gasteiger partial charge on any atom is 0.237 e. The van der Waals surface area contributed by atoms with Gasteiger partial charge in [-0.05, 0) is 44.2 Å². The highest BCUT2D eigenvalue weighted by Gasteiger charge is 2.33. The van der Waals surface area contributed by atoms with Gasteiger partial charge in [-0.15, -0.1) is 0 Å². The number of benzene rings is 1. The molecule has 0 aliphatic carbocycles.